The topological polar surface area (TPSA) is 71.2 Å². The number of nitrogens with one attached hydrogen (secondary N) is 1. The van der Waals surface area contributed by atoms with Crippen LogP contribution in [0.3, 0.4) is 0 Å². The number of hydrogen-bond acceptors (Lipinski definition) is 4. The Labute approximate surface area is 165 Å². The van der Waals surface area contributed by atoms with Gasteiger partial charge < -0.3 is 16.0 Å². The van der Waals surface area contributed by atoms with Crippen molar-refractivity contribution in [2.45, 2.75) is 6.54 Å². The Morgan fingerprint density at radius 3 is 2.56 bits per heavy atom. The van der Waals surface area contributed by atoms with Crippen LogP contribution in [0.25, 0.3) is 10.9 Å². The highest BCUT2D eigenvalue weighted by Crippen LogP contribution is 2.34. The van der Waals surface area contributed by atoms with Gasteiger partial charge in [0.2, 0.25) is 0 Å². The molecule has 0 spiro atoms. The number of rotatable bonds is 5. The van der Waals surface area contributed by atoms with Gasteiger partial charge in [-0.3, -0.25) is 4.79 Å². The van der Waals surface area contributed by atoms with Gasteiger partial charge in [-0.1, -0.05) is 23.2 Å². The molecule has 0 aliphatic rings. The number of primary amides is 1. The Kier molecular flexibility index (Phi) is 5.51. The summed E-state index contributed by atoms with van der Waals surface area (Å²) in [5, 5.41) is 4.78. The van der Waals surface area contributed by atoms with E-state index in [1.807, 2.05) is 25.1 Å². The first-order chi connectivity index (χ1) is 12.7. The summed E-state index contributed by atoms with van der Waals surface area (Å²) in [7, 11) is 3.87. The van der Waals surface area contributed by atoms with Crippen LogP contribution in [-0.2, 0) is 6.54 Å². The molecule has 3 rings (SSSR count). The van der Waals surface area contributed by atoms with Crippen molar-refractivity contribution < 1.29 is 9.18 Å². The molecule has 0 unspecified atom stereocenters. The quantitative estimate of drug-likeness (QED) is 0.649. The lowest BCUT2D eigenvalue weighted by atomic mass is 10.1. The molecule has 0 aliphatic heterocycles. The molecule has 1 heterocycles. The van der Waals surface area contributed by atoms with Crippen molar-refractivity contribution in [1.82, 2.24) is 9.88 Å². The van der Waals surface area contributed by atoms with E-state index in [0.717, 1.165) is 5.56 Å². The molecule has 2 aromatic carbocycles. The first-order valence-corrected chi connectivity index (χ1v) is 8.80. The summed E-state index contributed by atoms with van der Waals surface area (Å²) in [5.41, 5.74) is 7.72. The van der Waals surface area contributed by atoms with E-state index >= 15 is 0 Å². The summed E-state index contributed by atoms with van der Waals surface area (Å²) in [4.78, 5) is 17.7. The molecule has 0 fully saturated rings. The van der Waals surface area contributed by atoms with E-state index in [9.17, 15) is 9.18 Å². The number of anilines is 2. The van der Waals surface area contributed by atoms with Crippen molar-refractivity contribution in [3.63, 3.8) is 0 Å². The van der Waals surface area contributed by atoms with Gasteiger partial charge in [-0.15, -0.1) is 0 Å². The summed E-state index contributed by atoms with van der Waals surface area (Å²) in [6.07, 6.45) is 0. The minimum atomic E-state index is -0.709. The van der Waals surface area contributed by atoms with Crippen LogP contribution in [0, 0.1) is 5.82 Å². The lowest BCUT2D eigenvalue weighted by Crippen LogP contribution is -2.14. The van der Waals surface area contributed by atoms with Gasteiger partial charge >= 0.3 is 0 Å². The monoisotopic (exact) mass is 406 g/mol. The number of carbonyl (C=O) groups is 1. The molecule has 0 atom stereocenters. The number of carbonyl (C=O) groups excluding carboxylic acids is 1. The van der Waals surface area contributed by atoms with E-state index in [2.05, 4.69) is 10.3 Å². The molecule has 27 heavy (non-hydrogen) atoms. The van der Waals surface area contributed by atoms with Crippen molar-refractivity contribution in [3.8, 4) is 0 Å². The van der Waals surface area contributed by atoms with Crippen molar-refractivity contribution in [2.75, 3.05) is 19.4 Å². The highest BCUT2D eigenvalue weighted by atomic mass is 35.5. The van der Waals surface area contributed by atoms with Gasteiger partial charge in [0.15, 0.2) is 0 Å². The summed E-state index contributed by atoms with van der Waals surface area (Å²) >= 11 is 12.6. The number of fused-ring (bicyclic) bond motifs is 1. The highest BCUT2D eigenvalue weighted by molar-refractivity contribution is 6.37. The number of nitrogens with zero attached hydrogens (tertiary/aromatic N) is 2. The standard InChI is InChI=1S/C19H17Cl2FN4O/c1-26(2)9-10-5-17(14(21)7-13(10)20)24-16-8-18(19(23)27)25-15-6-11(22)3-4-12(15)16/h3-8H,9H2,1-2H3,(H2,23,27)(H,24,25). The average Bonchev–Trinajstić information content (AvgIpc) is 2.58. The van der Waals surface area contributed by atoms with Gasteiger partial charge in [0.25, 0.3) is 5.91 Å². The molecule has 5 nitrogen and oxygen atoms in total. The molecule has 0 aliphatic carbocycles. The lowest BCUT2D eigenvalue weighted by Gasteiger charge is -2.16. The van der Waals surface area contributed by atoms with Gasteiger partial charge in [0.1, 0.15) is 11.5 Å². The van der Waals surface area contributed by atoms with Crippen LogP contribution in [0.5, 0.6) is 0 Å². The second-order valence-electron chi connectivity index (χ2n) is 6.37. The van der Waals surface area contributed by atoms with Crippen LogP contribution in [0.15, 0.2) is 36.4 Å². The third-order valence-electron chi connectivity index (χ3n) is 3.92. The second kappa shape index (κ2) is 7.68. The van der Waals surface area contributed by atoms with E-state index in [0.29, 0.717) is 38.9 Å². The number of aromatic nitrogens is 1. The molecular formula is C19H17Cl2FN4O. The van der Waals surface area contributed by atoms with Gasteiger partial charge in [0.05, 0.1) is 21.9 Å². The molecule has 140 valence electrons. The van der Waals surface area contributed by atoms with Crippen LogP contribution in [0.4, 0.5) is 15.8 Å². The fourth-order valence-electron chi connectivity index (χ4n) is 2.73. The van der Waals surface area contributed by atoms with Crippen LogP contribution in [0.2, 0.25) is 10.0 Å². The van der Waals surface area contributed by atoms with Gasteiger partial charge in [0, 0.05) is 23.0 Å². The van der Waals surface area contributed by atoms with Crippen molar-refractivity contribution in [3.05, 3.63) is 63.5 Å². The molecule has 0 radical (unpaired) electrons. The predicted molar refractivity (Wildman–Crippen MR) is 107 cm³/mol. The number of pyridine rings is 1. The number of nitrogens with two attached hydrogens (primary N) is 1. The summed E-state index contributed by atoms with van der Waals surface area (Å²) < 4.78 is 13.6. The smallest absolute Gasteiger partial charge is 0.267 e. The SMILES string of the molecule is CN(C)Cc1cc(Nc2cc(C(N)=O)nc3cc(F)ccc23)c(Cl)cc1Cl. The normalized spacial score (nSPS) is 11.2. The number of benzene rings is 2. The minimum Gasteiger partial charge on any atom is -0.364 e. The lowest BCUT2D eigenvalue weighted by molar-refractivity contribution is 0.0996. The van der Waals surface area contributed by atoms with E-state index < -0.39 is 11.7 Å². The number of halogens is 3. The molecular weight excluding hydrogens is 390 g/mol. The zero-order chi connectivity index (χ0) is 19.7. The van der Waals surface area contributed by atoms with Crippen LogP contribution < -0.4 is 11.1 Å². The maximum Gasteiger partial charge on any atom is 0.267 e. The van der Waals surface area contributed by atoms with Crippen molar-refractivity contribution >= 4 is 51.4 Å². The van der Waals surface area contributed by atoms with E-state index in [1.165, 1.54) is 18.2 Å². The van der Waals surface area contributed by atoms with E-state index in [1.54, 1.807) is 12.1 Å². The molecule has 0 bridgehead atoms. The molecule has 3 N–H and O–H groups in total. The maximum atomic E-state index is 13.6. The first-order valence-electron chi connectivity index (χ1n) is 8.04. The summed E-state index contributed by atoms with van der Waals surface area (Å²) in [6, 6.07) is 9.15. The fourth-order valence-corrected chi connectivity index (χ4v) is 3.22. The van der Waals surface area contributed by atoms with Crippen LogP contribution >= 0.6 is 23.2 Å². The Morgan fingerprint density at radius 2 is 1.89 bits per heavy atom. The molecule has 0 saturated heterocycles. The Bertz CT molecular complexity index is 1040. The zero-order valence-corrected chi connectivity index (χ0v) is 16.2. The second-order valence-corrected chi connectivity index (χ2v) is 7.18. The van der Waals surface area contributed by atoms with Gasteiger partial charge in [-0.2, -0.15) is 0 Å². The van der Waals surface area contributed by atoms with Gasteiger partial charge in [-0.25, -0.2) is 9.37 Å². The average molecular weight is 407 g/mol. The number of amides is 1. The third kappa shape index (κ3) is 4.30. The molecule has 0 saturated carbocycles. The summed E-state index contributed by atoms with van der Waals surface area (Å²) in [5.74, 6) is -1.17. The van der Waals surface area contributed by atoms with E-state index in [-0.39, 0.29) is 5.69 Å². The van der Waals surface area contributed by atoms with Crippen LogP contribution in [0.1, 0.15) is 16.1 Å². The van der Waals surface area contributed by atoms with Crippen LogP contribution in [-0.4, -0.2) is 29.9 Å². The predicted octanol–water partition coefficient (Wildman–Crippen LogP) is 4.58. The molecule has 1 aromatic heterocycles. The Hall–Kier alpha value is -2.41. The third-order valence-corrected chi connectivity index (χ3v) is 4.58. The zero-order valence-electron chi connectivity index (χ0n) is 14.7. The maximum absolute atomic E-state index is 13.6. The number of hydrogen-bond donors (Lipinski definition) is 2. The fraction of sp³-hybridized carbons (Fsp3) is 0.158. The van der Waals surface area contributed by atoms with E-state index in [4.69, 9.17) is 28.9 Å². The Balaban J connectivity index is 2.12. The summed E-state index contributed by atoms with van der Waals surface area (Å²) in [6.45, 7) is 0.625. The first kappa shape index (κ1) is 19.4. The largest absolute Gasteiger partial charge is 0.364 e. The Morgan fingerprint density at radius 1 is 1.15 bits per heavy atom. The molecule has 3 aromatic rings. The van der Waals surface area contributed by atoms with Gasteiger partial charge in [-0.05, 0) is 50.0 Å². The highest BCUT2D eigenvalue weighted by Gasteiger charge is 2.14. The van der Waals surface area contributed by atoms with Crippen molar-refractivity contribution in [2.24, 2.45) is 5.73 Å². The minimum absolute atomic E-state index is 0.0224. The molecule has 8 heteroatoms. The van der Waals surface area contributed by atoms with Crippen molar-refractivity contribution in [1.29, 1.82) is 0 Å². The molecule has 1 amide bonds.